The second-order valence-corrected chi connectivity index (χ2v) is 10.4. The van der Waals surface area contributed by atoms with Crippen molar-refractivity contribution in [3.05, 3.63) is 65.2 Å². The molecule has 4 heteroatoms. The maximum Gasteiger partial charge on any atom is 0.343 e. The lowest BCUT2D eigenvalue weighted by atomic mass is 10.0. The van der Waals surface area contributed by atoms with Crippen molar-refractivity contribution < 1.29 is 19.1 Å². The Balaban J connectivity index is 1.62. The first-order chi connectivity index (χ1) is 18.0. The normalized spacial score (nSPS) is 11.8. The van der Waals surface area contributed by atoms with Gasteiger partial charge in [0.1, 0.15) is 5.75 Å². The first-order valence-electron chi connectivity index (χ1n) is 14.6. The first kappa shape index (κ1) is 30.6. The molecule has 0 fully saturated rings. The molecule has 1 unspecified atom stereocenters. The average Bonchev–Trinajstić information content (AvgIpc) is 2.92. The van der Waals surface area contributed by atoms with Gasteiger partial charge in [-0.3, -0.25) is 0 Å². The van der Waals surface area contributed by atoms with Crippen LogP contribution in [0.5, 0.6) is 5.75 Å². The lowest BCUT2D eigenvalue weighted by Gasteiger charge is -2.10. The van der Waals surface area contributed by atoms with E-state index < -0.39 is 5.97 Å². The van der Waals surface area contributed by atoms with Gasteiger partial charge in [0.25, 0.3) is 0 Å². The summed E-state index contributed by atoms with van der Waals surface area (Å²) in [6.45, 7) is 6.78. The Morgan fingerprint density at radius 1 is 0.649 bits per heavy atom. The van der Waals surface area contributed by atoms with Gasteiger partial charge in [-0.25, -0.2) is 9.59 Å². The van der Waals surface area contributed by atoms with E-state index in [9.17, 15) is 9.59 Å². The maximum absolute atomic E-state index is 12.5. The minimum atomic E-state index is -0.399. The van der Waals surface area contributed by atoms with Gasteiger partial charge in [-0.15, -0.1) is 0 Å². The van der Waals surface area contributed by atoms with E-state index in [2.05, 4.69) is 13.8 Å². The van der Waals surface area contributed by atoms with E-state index in [-0.39, 0.29) is 5.97 Å². The highest BCUT2D eigenvalue weighted by Gasteiger charge is 2.12. The van der Waals surface area contributed by atoms with E-state index in [1.807, 2.05) is 31.2 Å². The summed E-state index contributed by atoms with van der Waals surface area (Å²) in [5.41, 5.74) is 2.23. The predicted molar refractivity (Wildman–Crippen MR) is 152 cm³/mol. The zero-order valence-electron chi connectivity index (χ0n) is 23.4. The largest absolute Gasteiger partial charge is 0.462 e. The lowest BCUT2D eigenvalue weighted by molar-refractivity contribution is 0.0447. The fourth-order valence-corrected chi connectivity index (χ4v) is 4.22. The van der Waals surface area contributed by atoms with Gasteiger partial charge in [0.15, 0.2) is 0 Å². The maximum atomic E-state index is 12.5. The molecule has 0 N–H and O–H groups in total. The Kier molecular flexibility index (Phi) is 15.4. The molecule has 2 aromatic carbocycles. The molecule has 0 aliphatic carbocycles. The van der Waals surface area contributed by atoms with Gasteiger partial charge in [0.05, 0.1) is 17.7 Å². The number of aryl methyl sites for hydroxylation is 1. The molecule has 0 saturated heterocycles. The molecule has 0 radical (unpaired) electrons. The number of benzene rings is 2. The number of rotatable bonds is 19. The van der Waals surface area contributed by atoms with Crippen molar-refractivity contribution in [2.45, 2.75) is 111 Å². The minimum Gasteiger partial charge on any atom is -0.462 e. The number of ether oxygens (including phenoxy) is 2. The van der Waals surface area contributed by atoms with E-state index in [1.165, 1.54) is 82.6 Å². The summed E-state index contributed by atoms with van der Waals surface area (Å²) in [7, 11) is 0. The summed E-state index contributed by atoms with van der Waals surface area (Å²) in [4.78, 5) is 24.6. The van der Waals surface area contributed by atoms with Crippen molar-refractivity contribution in [3.63, 3.8) is 0 Å². The average molecular weight is 509 g/mol. The van der Waals surface area contributed by atoms with Crippen molar-refractivity contribution in [1.29, 1.82) is 0 Å². The topological polar surface area (TPSA) is 52.6 Å². The third-order valence-corrected chi connectivity index (χ3v) is 7.01. The molecule has 0 spiro atoms. The third-order valence-electron chi connectivity index (χ3n) is 7.01. The first-order valence-corrected chi connectivity index (χ1v) is 14.6. The van der Waals surface area contributed by atoms with Crippen LogP contribution in [0.3, 0.4) is 0 Å². The molecule has 204 valence electrons. The minimum absolute atomic E-state index is 0.333. The zero-order valence-corrected chi connectivity index (χ0v) is 23.4. The van der Waals surface area contributed by atoms with Crippen LogP contribution in [0, 0.1) is 5.92 Å². The second kappa shape index (κ2) is 18.6. The quantitative estimate of drug-likeness (QED) is 0.108. The van der Waals surface area contributed by atoms with Gasteiger partial charge in [-0.2, -0.15) is 0 Å². The standard InChI is InChI=1S/C33H48O4/c1-4-6-7-8-9-10-11-12-13-14-15-16-17-28-18-20-30(21-19-28)33(35)37-31-24-22-29(23-25-31)32(34)36-26-27(3)5-2/h18-25,27H,4-17,26H2,1-3H3. The SMILES string of the molecule is CCCCCCCCCCCCCCc1ccc(C(=O)Oc2ccc(C(=O)OCC(C)CC)cc2)cc1. The fourth-order valence-electron chi connectivity index (χ4n) is 4.22. The molecule has 0 aliphatic rings. The van der Waals surface area contributed by atoms with E-state index in [0.717, 1.165) is 12.8 Å². The van der Waals surface area contributed by atoms with Crippen LogP contribution >= 0.6 is 0 Å². The van der Waals surface area contributed by atoms with Crippen LogP contribution in [0.15, 0.2) is 48.5 Å². The van der Waals surface area contributed by atoms with Crippen LogP contribution in [-0.2, 0) is 11.2 Å². The number of esters is 2. The summed E-state index contributed by atoms with van der Waals surface area (Å²) >= 11 is 0. The fraction of sp³-hybridized carbons (Fsp3) is 0.576. The van der Waals surface area contributed by atoms with Gasteiger partial charge in [0.2, 0.25) is 0 Å². The van der Waals surface area contributed by atoms with Crippen LogP contribution in [0.2, 0.25) is 0 Å². The number of carbonyl (C=O) groups is 2. The Morgan fingerprint density at radius 3 is 1.68 bits per heavy atom. The van der Waals surface area contributed by atoms with Crippen LogP contribution in [0.25, 0.3) is 0 Å². The van der Waals surface area contributed by atoms with Gasteiger partial charge in [-0.1, -0.05) is 110 Å². The van der Waals surface area contributed by atoms with Crippen LogP contribution in [0.1, 0.15) is 131 Å². The summed E-state index contributed by atoms with van der Waals surface area (Å²) in [6.07, 6.45) is 18.2. The van der Waals surface area contributed by atoms with Crippen LogP contribution in [0.4, 0.5) is 0 Å². The summed E-state index contributed by atoms with van der Waals surface area (Å²) < 4.78 is 10.8. The Labute approximate surface area is 225 Å². The van der Waals surface area contributed by atoms with Crippen molar-refractivity contribution in [1.82, 2.24) is 0 Å². The van der Waals surface area contributed by atoms with Crippen LogP contribution < -0.4 is 4.74 Å². The molecule has 2 rings (SSSR count). The van der Waals surface area contributed by atoms with E-state index in [4.69, 9.17) is 9.47 Å². The highest BCUT2D eigenvalue weighted by atomic mass is 16.5. The number of hydrogen-bond acceptors (Lipinski definition) is 4. The van der Waals surface area contributed by atoms with Crippen molar-refractivity contribution in [3.8, 4) is 5.75 Å². The molecule has 0 bridgehead atoms. The molecular weight excluding hydrogens is 460 g/mol. The number of carbonyl (C=O) groups excluding carboxylic acids is 2. The molecule has 0 aliphatic heterocycles. The zero-order chi connectivity index (χ0) is 26.7. The van der Waals surface area contributed by atoms with E-state index >= 15 is 0 Å². The van der Waals surface area contributed by atoms with E-state index in [0.29, 0.717) is 29.4 Å². The summed E-state index contributed by atoms with van der Waals surface area (Å²) in [5, 5.41) is 0. The third kappa shape index (κ3) is 13.0. The molecule has 2 aromatic rings. The molecule has 0 amide bonds. The molecule has 37 heavy (non-hydrogen) atoms. The van der Waals surface area contributed by atoms with Crippen molar-refractivity contribution >= 4 is 11.9 Å². The molecule has 0 aromatic heterocycles. The monoisotopic (exact) mass is 508 g/mol. The van der Waals surface area contributed by atoms with Crippen molar-refractivity contribution in [2.75, 3.05) is 6.61 Å². The lowest BCUT2D eigenvalue weighted by Crippen LogP contribution is -2.12. The predicted octanol–water partition coefficient (Wildman–Crippen LogP) is 9.35. The molecular formula is C33H48O4. The Hall–Kier alpha value is -2.62. The van der Waals surface area contributed by atoms with Gasteiger partial charge < -0.3 is 9.47 Å². The number of hydrogen-bond donors (Lipinski definition) is 0. The van der Waals surface area contributed by atoms with Gasteiger partial charge in [0, 0.05) is 0 Å². The summed E-state index contributed by atoms with van der Waals surface area (Å²) in [5.74, 6) is -0.0184. The highest BCUT2D eigenvalue weighted by molar-refractivity contribution is 5.92. The molecule has 1 atom stereocenters. The molecule has 0 saturated carbocycles. The van der Waals surface area contributed by atoms with Crippen molar-refractivity contribution in [2.24, 2.45) is 5.92 Å². The number of unbranched alkanes of at least 4 members (excludes halogenated alkanes) is 11. The molecule has 0 heterocycles. The van der Waals surface area contributed by atoms with Gasteiger partial charge in [-0.05, 0) is 60.7 Å². The Morgan fingerprint density at radius 2 is 1.14 bits per heavy atom. The molecule has 4 nitrogen and oxygen atoms in total. The smallest absolute Gasteiger partial charge is 0.343 e. The van der Waals surface area contributed by atoms with Gasteiger partial charge >= 0.3 is 11.9 Å². The Bertz CT molecular complexity index is 886. The van der Waals surface area contributed by atoms with E-state index in [1.54, 1.807) is 24.3 Å². The summed E-state index contributed by atoms with van der Waals surface area (Å²) in [6, 6.07) is 14.2. The highest BCUT2D eigenvalue weighted by Crippen LogP contribution is 2.17. The van der Waals surface area contributed by atoms with Crippen LogP contribution in [-0.4, -0.2) is 18.5 Å². The second-order valence-electron chi connectivity index (χ2n) is 10.4.